The number of nitrogens with zero attached hydrogens (tertiary/aromatic N) is 2. The molecule has 0 amide bonds. The fraction of sp³-hybridized carbons (Fsp3) is 0.209. The monoisotopic (exact) mass is 1390 g/mol. The van der Waals surface area contributed by atoms with Crippen LogP contribution in [0.25, 0.3) is 140 Å². The summed E-state index contributed by atoms with van der Waals surface area (Å²) in [4.78, 5) is 0. The van der Waals surface area contributed by atoms with Crippen LogP contribution in [0.15, 0.2) is 273 Å². The first kappa shape index (κ1) is 68.0. The number of hydrogen-bond acceptors (Lipinski definition) is 8. The van der Waals surface area contributed by atoms with Crippen molar-refractivity contribution >= 4 is 127 Å². The van der Waals surface area contributed by atoms with Gasteiger partial charge in [0.15, 0.2) is 0 Å². The minimum Gasteiger partial charge on any atom is -0.399 e. The normalized spacial score (nSPS) is 15.9. The molecule has 8 nitrogen and oxygen atoms in total. The number of hydrogen-bond donors (Lipinski definition) is 0. The van der Waals surface area contributed by atoms with E-state index in [1.54, 1.807) is 0 Å². The lowest BCUT2D eigenvalue weighted by Gasteiger charge is -2.32. The molecule has 0 unspecified atom stereocenters. The molecule has 103 heavy (non-hydrogen) atoms. The Morgan fingerprint density at radius 1 is 0.330 bits per heavy atom. The zero-order chi connectivity index (χ0) is 70.8. The Balaban J connectivity index is 0.000000130. The summed E-state index contributed by atoms with van der Waals surface area (Å²) in [6.45, 7) is 22.5. The predicted octanol–water partition coefficient (Wildman–Crippen LogP) is 24.1. The topological polar surface area (TPSA) is 65.2 Å². The molecular weight excluding hydrogens is 1300 g/mol. The molecule has 16 aromatic rings. The zero-order valence-electron chi connectivity index (χ0n) is 60.2. The smallest absolute Gasteiger partial charge is 0.399 e. The molecule has 0 atom stereocenters. The molecule has 0 bridgehead atoms. The van der Waals surface area contributed by atoms with Gasteiger partial charge in [-0.1, -0.05) is 182 Å². The van der Waals surface area contributed by atoms with Crippen molar-refractivity contribution in [3.8, 4) is 55.9 Å². The standard InChI is InChI=1S/C42H34BNO2S.C36H23NS.C9H19BO3.C4H8O/c1-41(2)42(3,4)46-43(45-41)36-26-31(25-35-32-17-11-12-18-39(32)47-40(35)36)44-37-21-19-29(27-13-7-5-8-14-27)23-33(37)34-24-30(20-22-38(34)44)28-15-9-6-10-16-28;1-3-9-24(10-4-1)26-15-18-33-30(21-26)31-22-27(25-11-5-2-6-12-25)16-19-34(31)37(33)28-17-20-36-32(23-28)29-13-7-8-14-35(29)38-36;1-7(2)11-10-12-8(3,4)9(5,6)13-10;1-2-4-5-3-1/h5-26H,1-4H3;1-23H;7H,1-6H3;1-4H2. The van der Waals surface area contributed by atoms with Gasteiger partial charge in [-0.05, 0) is 218 Å². The van der Waals surface area contributed by atoms with Gasteiger partial charge in [0.05, 0.1) is 44.5 Å². The molecule has 19 rings (SSSR count). The van der Waals surface area contributed by atoms with E-state index in [1.807, 2.05) is 64.2 Å². The van der Waals surface area contributed by atoms with Crippen LogP contribution in [-0.4, -0.2) is 65.3 Å². The highest BCUT2D eigenvalue weighted by molar-refractivity contribution is 7.27. The van der Waals surface area contributed by atoms with Crippen molar-refractivity contribution in [3.63, 3.8) is 0 Å². The first-order valence-corrected chi connectivity index (χ1v) is 37.7. The van der Waals surface area contributed by atoms with Crippen LogP contribution in [0.2, 0.25) is 0 Å². The minimum atomic E-state index is -0.523. The third-order valence-corrected chi connectivity index (χ3v) is 23.7. The maximum atomic E-state index is 6.71. The largest absolute Gasteiger partial charge is 0.640 e. The summed E-state index contributed by atoms with van der Waals surface area (Å²) in [6, 6.07) is 99.2. The van der Waals surface area contributed by atoms with E-state index in [0.717, 1.165) is 24.4 Å². The van der Waals surface area contributed by atoms with Crippen molar-refractivity contribution in [3.05, 3.63) is 273 Å². The summed E-state index contributed by atoms with van der Waals surface area (Å²) in [5.41, 5.74) is 16.5. The fourth-order valence-electron chi connectivity index (χ4n) is 14.4. The summed E-state index contributed by atoms with van der Waals surface area (Å²) in [7, 11) is -0.997. The third kappa shape index (κ3) is 13.1. The molecular formula is C91H84B2N2O6S2. The van der Waals surface area contributed by atoms with Crippen LogP contribution in [0.5, 0.6) is 0 Å². The number of rotatable bonds is 9. The van der Waals surface area contributed by atoms with E-state index in [9.17, 15) is 0 Å². The Hall–Kier alpha value is -9.43. The lowest BCUT2D eigenvalue weighted by molar-refractivity contribution is 0.00578. The van der Waals surface area contributed by atoms with Crippen molar-refractivity contribution in [2.24, 2.45) is 0 Å². The van der Waals surface area contributed by atoms with E-state index in [-0.39, 0.29) is 17.3 Å². The Kier molecular flexibility index (Phi) is 18.3. The van der Waals surface area contributed by atoms with Gasteiger partial charge in [0, 0.05) is 98.0 Å². The first-order valence-electron chi connectivity index (χ1n) is 36.1. The lowest BCUT2D eigenvalue weighted by atomic mass is 9.78. The van der Waals surface area contributed by atoms with Crippen LogP contribution >= 0.6 is 22.7 Å². The zero-order valence-corrected chi connectivity index (χ0v) is 61.8. The van der Waals surface area contributed by atoms with Crippen molar-refractivity contribution in [2.45, 2.75) is 111 Å². The predicted molar refractivity (Wildman–Crippen MR) is 437 cm³/mol. The molecule has 3 fully saturated rings. The van der Waals surface area contributed by atoms with Crippen LogP contribution in [0, 0.1) is 0 Å². The molecule has 3 saturated heterocycles. The number of benzene rings is 12. The van der Waals surface area contributed by atoms with Gasteiger partial charge in [0.25, 0.3) is 0 Å². The minimum absolute atomic E-state index is 0.120. The molecule has 4 aromatic heterocycles. The Morgan fingerprint density at radius 3 is 1.10 bits per heavy atom. The summed E-state index contributed by atoms with van der Waals surface area (Å²) >= 11 is 3.68. The van der Waals surface area contributed by atoms with Gasteiger partial charge < -0.3 is 37.1 Å². The SMILES string of the molecule is C1CCOC1.CC(C)OB1OC(C)(C)C(C)(C)O1.CC1(C)OB(c2cc(-n3c4ccc(-c5ccccc5)cc4c4cc(-c5ccccc5)ccc43)cc3c2sc2ccccc23)OC1(C)C.c1ccc(-c2ccc3c(c2)c2cc(-c4ccccc4)ccc2n3-c2ccc3sc4ccccc4c3c2)cc1. The van der Waals surface area contributed by atoms with Crippen molar-refractivity contribution in [2.75, 3.05) is 13.2 Å². The Morgan fingerprint density at radius 2 is 0.689 bits per heavy atom. The maximum Gasteiger partial charge on any atom is 0.640 e. The highest BCUT2D eigenvalue weighted by Gasteiger charge is 2.54. The average Bonchev–Trinajstić information content (AvgIpc) is 1.58. The lowest BCUT2D eigenvalue weighted by Crippen LogP contribution is -2.41. The van der Waals surface area contributed by atoms with Crippen molar-refractivity contribution < 1.29 is 28.0 Å². The maximum absolute atomic E-state index is 6.71. The quantitative estimate of drug-likeness (QED) is 0.134. The third-order valence-electron chi connectivity index (χ3n) is 21.3. The number of ether oxygens (including phenoxy) is 1. The van der Waals surface area contributed by atoms with Gasteiger partial charge >= 0.3 is 14.4 Å². The molecule has 0 spiro atoms. The van der Waals surface area contributed by atoms with Crippen LogP contribution < -0.4 is 5.46 Å². The van der Waals surface area contributed by atoms with Crippen molar-refractivity contribution in [1.29, 1.82) is 0 Å². The summed E-state index contributed by atoms with van der Waals surface area (Å²) in [5, 5.41) is 10.1. The van der Waals surface area contributed by atoms with E-state index < -0.39 is 25.6 Å². The number of fused-ring (bicyclic) bond motifs is 12. The second-order valence-corrected chi connectivity index (χ2v) is 31.6. The van der Waals surface area contributed by atoms with Gasteiger partial charge in [0.2, 0.25) is 0 Å². The van der Waals surface area contributed by atoms with E-state index in [2.05, 4.69) is 310 Å². The summed E-state index contributed by atoms with van der Waals surface area (Å²) in [5.74, 6) is 0. The molecule has 0 aliphatic carbocycles. The van der Waals surface area contributed by atoms with Gasteiger partial charge in [0.1, 0.15) is 0 Å². The van der Waals surface area contributed by atoms with E-state index in [0.29, 0.717) is 0 Å². The van der Waals surface area contributed by atoms with Crippen molar-refractivity contribution in [1.82, 2.24) is 9.13 Å². The van der Waals surface area contributed by atoms with E-state index in [1.165, 1.54) is 147 Å². The summed E-state index contributed by atoms with van der Waals surface area (Å²) < 4.78 is 45.1. The molecule has 3 aliphatic heterocycles. The second kappa shape index (κ2) is 27.6. The van der Waals surface area contributed by atoms with Gasteiger partial charge in [-0.3, -0.25) is 0 Å². The van der Waals surface area contributed by atoms with E-state index >= 15 is 0 Å². The van der Waals surface area contributed by atoms with Crippen LogP contribution in [-0.2, 0) is 28.0 Å². The number of thiophene rings is 2. The molecule has 12 aromatic carbocycles. The highest BCUT2D eigenvalue weighted by atomic mass is 32.1. The number of aromatic nitrogens is 2. The van der Waals surface area contributed by atoms with Crippen LogP contribution in [0.4, 0.5) is 0 Å². The highest BCUT2D eigenvalue weighted by Crippen LogP contribution is 2.45. The Bertz CT molecular complexity index is 5540. The van der Waals surface area contributed by atoms with Gasteiger partial charge in [-0.2, -0.15) is 0 Å². The van der Waals surface area contributed by atoms with Crippen LogP contribution in [0.3, 0.4) is 0 Å². The molecule has 7 heterocycles. The molecule has 512 valence electrons. The van der Waals surface area contributed by atoms with Gasteiger partial charge in [-0.15, -0.1) is 22.7 Å². The van der Waals surface area contributed by atoms with E-state index in [4.69, 9.17) is 28.0 Å². The fourth-order valence-corrected chi connectivity index (χ4v) is 16.7. The van der Waals surface area contributed by atoms with Gasteiger partial charge in [-0.25, -0.2) is 0 Å². The van der Waals surface area contributed by atoms with Crippen LogP contribution in [0.1, 0.15) is 82.1 Å². The second-order valence-electron chi connectivity index (χ2n) is 29.5. The molecule has 12 heteroatoms. The molecule has 0 N–H and O–H groups in total. The average molecular weight is 1390 g/mol. The first-order chi connectivity index (χ1) is 49.8. The molecule has 0 radical (unpaired) electrons. The Labute approximate surface area is 612 Å². The molecule has 3 aliphatic rings. The summed E-state index contributed by atoms with van der Waals surface area (Å²) in [6.07, 6.45) is 2.68. The molecule has 0 saturated carbocycles.